The Morgan fingerprint density at radius 3 is 2.64 bits per heavy atom. The molecule has 2 N–H and O–H groups in total. The number of nitrogens with zero attached hydrogens (tertiary/aromatic N) is 2. The maximum atomic E-state index is 12.5. The third-order valence-corrected chi connectivity index (χ3v) is 5.78. The number of benzene rings is 1. The van der Waals surface area contributed by atoms with Crippen molar-refractivity contribution in [3.05, 3.63) is 29.8 Å². The smallest absolute Gasteiger partial charge is 0.227 e. The zero-order valence-corrected chi connectivity index (χ0v) is 15.2. The van der Waals surface area contributed by atoms with E-state index in [0.717, 1.165) is 38.0 Å². The van der Waals surface area contributed by atoms with Crippen LogP contribution < -0.4 is 10.6 Å². The average Bonchev–Trinajstić information content (AvgIpc) is 2.64. The van der Waals surface area contributed by atoms with E-state index in [1.807, 2.05) is 28.0 Å². The van der Waals surface area contributed by atoms with Crippen LogP contribution in [0.5, 0.6) is 0 Å². The van der Waals surface area contributed by atoms with Gasteiger partial charge in [-0.25, -0.2) is 0 Å². The van der Waals surface area contributed by atoms with Crippen molar-refractivity contribution >= 4 is 17.5 Å². The van der Waals surface area contributed by atoms with Crippen LogP contribution in [0.4, 0.5) is 5.69 Å². The van der Waals surface area contributed by atoms with Gasteiger partial charge in [-0.3, -0.25) is 9.59 Å². The Labute approximate surface area is 150 Å². The predicted octanol–water partition coefficient (Wildman–Crippen LogP) is 2.33. The highest BCUT2D eigenvalue weighted by atomic mass is 16.2. The molecule has 5 nitrogen and oxygen atoms in total. The Morgan fingerprint density at radius 2 is 1.92 bits per heavy atom. The molecule has 1 fully saturated rings. The van der Waals surface area contributed by atoms with E-state index < -0.39 is 0 Å². The average molecular weight is 343 g/mol. The van der Waals surface area contributed by atoms with Gasteiger partial charge < -0.3 is 15.5 Å². The van der Waals surface area contributed by atoms with E-state index in [4.69, 9.17) is 5.73 Å². The largest absolute Gasteiger partial charge is 0.343 e. The van der Waals surface area contributed by atoms with Gasteiger partial charge in [0.15, 0.2) is 0 Å². The maximum absolute atomic E-state index is 12.5. The molecular weight excluding hydrogens is 314 g/mol. The Morgan fingerprint density at radius 1 is 1.20 bits per heavy atom. The van der Waals surface area contributed by atoms with Crippen molar-refractivity contribution in [3.63, 3.8) is 0 Å². The second-order valence-electron chi connectivity index (χ2n) is 7.67. The molecule has 2 aliphatic rings. The topological polar surface area (TPSA) is 66.6 Å². The van der Waals surface area contributed by atoms with Crippen LogP contribution in [0.15, 0.2) is 24.3 Å². The van der Waals surface area contributed by atoms with E-state index in [1.165, 1.54) is 5.56 Å². The molecule has 0 unspecified atom stereocenters. The Balaban J connectivity index is 1.50. The molecule has 2 heterocycles. The zero-order chi connectivity index (χ0) is 17.9. The van der Waals surface area contributed by atoms with Gasteiger partial charge in [0.1, 0.15) is 0 Å². The number of likely N-dealkylation sites (tertiary alicyclic amines) is 1. The number of para-hydroxylation sites is 1. The molecule has 0 radical (unpaired) electrons. The SMILES string of the molecule is CC1(CN)CCN(C(=O)CCCN2C(=O)CCc3ccccc32)CC1. The maximum Gasteiger partial charge on any atom is 0.227 e. The lowest BCUT2D eigenvalue weighted by atomic mass is 9.80. The van der Waals surface area contributed by atoms with Crippen molar-refractivity contribution in [2.45, 2.75) is 45.4 Å². The molecule has 0 bridgehead atoms. The number of carbonyl (C=O) groups is 2. The first-order valence-corrected chi connectivity index (χ1v) is 9.38. The number of anilines is 1. The summed E-state index contributed by atoms with van der Waals surface area (Å²) < 4.78 is 0. The lowest BCUT2D eigenvalue weighted by molar-refractivity contribution is -0.133. The standard InChI is InChI=1S/C20H29N3O2/c1-20(15-21)10-13-22(14-11-20)18(24)7-4-12-23-17-6-3-2-5-16(17)8-9-19(23)25/h2-3,5-6H,4,7-15,21H2,1H3. The summed E-state index contributed by atoms with van der Waals surface area (Å²) in [5, 5.41) is 0. The van der Waals surface area contributed by atoms with Crippen LogP contribution in [0.25, 0.3) is 0 Å². The van der Waals surface area contributed by atoms with Gasteiger partial charge in [0.2, 0.25) is 11.8 Å². The third kappa shape index (κ3) is 4.03. The summed E-state index contributed by atoms with van der Waals surface area (Å²) in [5.41, 5.74) is 8.26. The van der Waals surface area contributed by atoms with Gasteiger partial charge in [-0.2, -0.15) is 0 Å². The van der Waals surface area contributed by atoms with Crippen LogP contribution in [0.3, 0.4) is 0 Å². The minimum absolute atomic E-state index is 0.169. The van der Waals surface area contributed by atoms with Crippen LogP contribution in [-0.4, -0.2) is 42.9 Å². The van der Waals surface area contributed by atoms with Crippen LogP contribution in [0.1, 0.15) is 44.6 Å². The predicted molar refractivity (Wildman–Crippen MR) is 99.3 cm³/mol. The second-order valence-corrected chi connectivity index (χ2v) is 7.67. The molecule has 3 rings (SSSR count). The number of hydrogen-bond acceptors (Lipinski definition) is 3. The number of nitrogens with two attached hydrogens (primary N) is 1. The van der Waals surface area contributed by atoms with Gasteiger partial charge in [0, 0.05) is 38.2 Å². The number of piperidine rings is 1. The van der Waals surface area contributed by atoms with Gasteiger partial charge in [-0.05, 0) is 49.3 Å². The molecule has 0 aromatic heterocycles. The molecule has 1 aromatic carbocycles. The molecule has 2 aliphatic heterocycles. The second kappa shape index (κ2) is 7.56. The number of carbonyl (C=O) groups excluding carboxylic acids is 2. The van der Waals surface area contributed by atoms with E-state index in [0.29, 0.717) is 32.4 Å². The summed E-state index contributed by atoms with van der Waals surface area (Å²) in [7, 11) is 0. The van der Waals surface area contributed by atoms with Gasteiger partial charge in [-0.15, -0.1) is 0 Å². The Bertz CT molecular complexity index is 636. The zero-order valence-electron chi connectivity index (χ0n) is 15.2. The minimum atomic E-state index is 0.169. The van der Waals surface area contributed by atoms with Crippen molar-refractivity contribution in [3.8, 4) is 0 Å². The summed E-state index contributed by atoms with van der Waals surface area (Å²) >= 11 is 0. The van der Waals surface area contributed by atoms with Gasteiger partial charge >= 0.3 is 0 Å². The fraction of sp³-hybridized carbons (Fsp3) is 0.600. The van der Waals surface area contributed by atoms with E-state index >= 15 is 0 Å². The number of amides is 2. The van der Waals surface area contributed by atoms with Crippen LogP contribution in [-0.2, 0) is 16.0 Å². The van der Waals surface area contributed by atoms with E-state index in [2.05, 4.69) is 13.0 Å². The van der Waals surface area contributed by atoms with Crippen LogP contribution in [0.2, 0.25) is 0 Å². The first-order valence-electron chi connectivity index (χ1n) is 9.38. The third-order valence-electron chi connectivity index (χ3n) is 5.78. The molecule has 0 saturated carbocycles. The van der Waals surface area contributed by atoms with Crippen molar-refractivity contribution in [2.75, 3.05) is 31.1 Å². The highest BCUT2D eigenvalue weighted by Crippen LogP contribution is 2.30. The van der Waals surface area contributed by atoms with Crippen molar-refractivity contribution < 1.29 is 9.59 Å². The number of aryl methyl sites for hydroxylation is 1. The highest BCUT2D eigenvalue weighted by molar-refractivity contribution is 5.96. The van der Waals surface area contributed by atoms with Crippen molar-refractivity contribution in [1.82, 2.24) is 4.90 Å². The molecule has 1 aromatic rings. The molecule has 0 atom stereocenters. The minimum Gasteiger partial charge on any atom is -0.343 e. The summed E-state index contributed by atoms with van der Waals surface area (Å²) in [6, 6.07) is 8.08. The van der Waals surface area contributed by atoms with Gasteiger partial charge in [0.05, 0.1) is 0 Å². The normalized spacial score (nSPS) is 19.7. The first-order chi connectivity index (χ1) is 12.0. The Kier molecular flexibility index (Phi) is 5.42. The lowest BCUT2D eigenvalue weighted by Gasteiger charge is -2.38. The molecule has 136 valence electrons. The van der Waals surface area contributed by atoms with Crippen LogP contribution >= 0.6 is 0 Å². The lowest BCUT2D eigenvalue weighted by Crippen LogP contribution is -2.45. The van der Waals surface area contributed by atoms with Crippen LogP contribution in [0, 0.1) is 5.41 Å². The summed E-state index contributed by atoms with van der Waals surface area (Å²) in [5.74, 6) is 0.375. The molecule has 5 heteroatoms. The summed E-state index contributed by atoms with van der Waals surface area (Å²) in [4.78, 5) is 28.5. The van der Waals surface area contributed by atoms with E-state index in [-0.39, 0.29) is 17.2 Å². The number of hydrogen-bond donors (Lipinski definition) is 1. The molecule has 0 aliphatic carbocycles. The molecule has 0 spiro atoms. The molecule has 2 amide bonds. The molecular formula is C20H29N3O2. The summed E-state index contributed by atoms with van der Waals surface area (Å²) in [6.07, 6.45) is 4.56. The quantitative estimate of drug-likeness (QED) is 0.892. The highest BCUT2D eigenvalue weighted by Gasteiger charge is 2.30. The van der Waals surface area contributed by atoms with E-state index in [1.54, 1.807) is 0 Å². The van der Waals surface area contributed by atoms with Crippen molar-refractivity contribution in [1.29, 1.82) is 0 Å². The van der Waals surface area contributed by atoms with Gasteiger partial charge in [-0.1, -0.05) is 25.1 Å². The molecule has 25 heavy (non-hydrogen) atoms. The number of fused-ring (bicyclic) bond motifs is 1. The molecule has 1 saturated heterocycles. The first kappa shape index (κ1) is 17.9. The fourth-order valence-electron chi connectivity index (χ4n) is 3.79. The Hall–Kier alpha value is -1.88. The summed E-state index contributed by atoms with van der Waals surface area (Å²) in [6.45, 7) is 5.12. The number of rotatable bonds is 5. The fourth-order valence-corrected chi connectivity index (χ4v) is 3.79. The monoisotopic (exact) mass is 343 g/mol. The van der Waals surface area contributed by atoms with E-state index in [9.17, 15) is 9.59 Å². The van der Waals surface area contributed by atoms with Crippen molar-refractivity contribution in [2.24, 2.45) is 11.1 Å². The van der Waals surface area contributed by atoms with Gasteiger partial charge in [0.25, 0.3) is 0 Å².